The Morgan fingerprint density at radius 1 is 0.696 bits per heavy atom. The Morgan fingerprint density at radius 2 is 1.26 bits per heavy atom. The highest BCUT2D eigenvalue weighted by molar-refractivity contribution is 5.84. The van der Waals surface area contributed by atoms with Gasteiger partial charge in [-0.05, 0) is 30.1 Å². The highest BCUT2D eigenvalue weighted by Gasteiger charge is 2.12. The van der Waals surface area contributed by atoms with Gasteiger partial charge in [-0.1, -0.05) is 60.8 Å². The van der Waals surface area contributed by atoms with Gasteiger partial charge in [0.25, 0.3) is 0 Å². The minimum atomic E-state index is 0.00720. The Labute approximate surface area is 144 Å². The van der Waals surface area contributed by atoms with Crippen molar-refractivity contribution in [2.24, 2.45) is 10.8 Å². The van der Waals surface area contributed by atoms with Gasteiger partial charge >= 0.3 is 0 Å². The van der Waals surface area contributed by atoms with Crippen LogP contribution < -0.4 is 5.32 Å². The molecule has 0 rings (SSSR count). The Morgan fingerprint density at radius 3 is 1.83 bits per heavy atom. The molecule has 0 unspecified atom stereocenters. The summed E-state index contributed by atoms with van der Waals surface area (Å²) in [6, 6.07) is 0. The van der Waals surface area contributed by atoms with Crippen LogP contribution in [0.1, 0.15) is 99.3 Å². The predicted octanol–water partition coefficient (Wildman–Crippen LogP) is 5.27. The summed E-state index contributed by atoms with van der Waals surface area (Å²) in [6.45, 7) is 14.0. The molecule has 136 valence electrons. The van der Waals surface area contributed by atoms with E-state index in [9.17, 15) is 9.59 Å². The molecule has 0 aromatic carbocycles. The lowest BCUT2D eigenvalue weighted by Crippen LogP contribution is -2.27. The first kappa shape index (κ1) is 22.1. The van der Waals surface area contributed by atoms with Crippen molar-refractivity contribution in [2.45, 2.75) is 99.3 Å². The minimum absolute atomic E-state index is 0.00720. The van der Waals surface area contributed by atoms with Crippen LogP contribution in [0.25, 0.3) is 0 Å². The fourth-order valence-corrected chi connectivity index (χ4v) is 2.37. The highest BCUT2D eigenvalue weighted by Crippen LogP contribution is 2.22. The van der Waals surface area contributed by atoms with Gasteiger partial charge in [-0.2, -0.15) is 0 Å². The molecule has 1 N–H and O–H groups in total. The van der Waals surface area contributed by atoms with E-state index in [2.05, 4.69) is 46.9 Å². The first-order valence-corrected chi connectivity index (χ1v) is 9.28. The van der Waals surface area contributed by atoms with Crippen molar-refractivity contribution in [3.8, 4) is 0 Å². The fraction of sp³-hybridized carbons (Fsp3) is 0.900. The SMILES string of the molecule is CC(C)(C)CCCCCCC(=O)CCC(=O)NCCC(C)(C)C. The van der Waals surface area contributed by atoms with Crippen LogP contribution in [0, 0.1) is 10.8 Å². The van der Waals surface area contributed by atoms with Gasteiger partial charge < -0.3 is 5.32 Å². The molecule has 1 amide bonds. The van der Waals surface area contributed by atoms with E-state index in [0.717, 1.165) is 19.3 Å². The van der Waals surface area contributed by atoms with Gasteiger partial charge in [0.2, 0.25) is 5.91 Å². The first-order chi connectivity index (χ1) is 10.5. The number of carbonyl (C=O) groups is 2. The van der Waals surface area contributed by atoms with Crippen LogP contribution in [0.4, 0.5) is 0 Å². The zero-order valence-electron chi connectivity index (χ0n) is 16.4. The average molecular weight is 326 g/mol. The van der Waals surface area contributed by atoms with Crippen molar-refractivity contribution in [3.63, 3.8) is 0 Å². The third kappa shape index (κ3) is 17.3. The maximum absolute atomic E-state index is 11.8. The molecular weight excluding hydrogens is 286 g/mol. The molecule has 0 bridgehead atoms. The molecule has 0 aliphatic rings. The number of amides is 1. The molecule has 0 atom stereocenters. The lowest BCUT2D eigenvalue weighted by atomic mass is 9.89. The van der Waals surface area contributed by atoms with E-state index in [1.807, 2.05) is 0 Å². The number of nitrogens with one attached hydrogen (secondary N) is 1. The predicted molar refractivity (Wildman–Crippen MR) is 98.5 cm³/mol. The van der Waals surface area contributed by atoms with Gasteiger partial charge in [0.05, 0.1) is 0 Å². The van der Waals surface area contributed by atoms with Crippen LogP contribution in [0.15, 0.2) is 0 Å². The van der Waals surface area contributed by atoms with E-state index in [1.54, 1.807) is 0 Å². The second-order valence-electron chi connectivity index (χ2n) is 9.17. The van der Waals surface area contributed by atoms with Crippen molar-refractivity contribution in [2.75, 3.05) is 6.54 Å². The lowest BCUT2D eigenvalue weighted by Gasteiger charge is -2.17. The Hall–Kier alpha value is -0.860. The topological polar surface area (TPSA) is 46.2 Å². The number of Topliss-reactive ketones (excluding diaryl/α,β-unsaturated/α-hetero) is 1. The lowest BCUT2D eigenvalue weighted by molar-refractivity contribution is -0.125. The van der Waals surface area contributed by atoms with Crippen molar-refractivity contribution in [1.82, 2.24) is 5.32 Å². The third-order valence-electron chi connectivity index (χ3n) is 3.96. The quantitative estimate of drug-likeness (QED) is 0.526. The molecule has 0 saturated carbocycles. The van der Waals surface area contributed by atoms with Crippen LogP contribution in [0.3, 0.4) is 0 Å². The Balaban J connectivity index is 3.55. The maximum atomic E-state index is 11.8. The van der Waals surface area contributed by atoms with E-state index in [-0.39, 0.29) is 17.1 Å². The molecule has 0 aliphatic carbocycles. The van der Waals surface area contributed by atoms with Gasteiger partial charge in [-0.3, -0.25) is 9.59 Å². The van der Waals surface area contributed by atoms with Crippen molar-refractivity contribution >= 4 is 11.7 Å². The average Bonchev–Trinajstić information content (AvgIpc) is 2.37. The Kier molecular flexibility index (Phi) is 10.4. The van der Waals surface area contributed by atoms with E-state index in [1.165, 1.54) is 19.3 Å². The molecule has 3 heteroatoms. The summed E-state index contributed by atoms with van der Waals surface area (Å²) in [5.74, 6) is 0.236. The van der Waals surface area contributed by atoms with Gasteiger partial charge in [0, 0.05) is 25.8 Å². The van der Waals surface area contributed by atoms with E-state index in [4.69, 9.17) is 0 Å². The van der Waals surface area contributed by atoms with Crippen LogP contribution in [-0.4, -0.2) is 18.2 Å². The number of hydrogen-bond acceptors (Lipinski definition) is 2. The highest BCUT2D eigenvalue weighted by atomic mass is 16.2. The summed E-state index contributed by atoms with van der Waals surface area (Å²) in [6.07, 6.45) is 8.11. The van der Waals surface area contributed by atoms with E-state index in [0.29, 0.717) is 31.2 Å². The monoisotopic (exact) mass is 325 g/mol. The second kappa shape index (κ2) is 10.8. The van der Waals surface area contributed by atoms with Crippen LogP contribution >= 0.6 is 0 Å². The molecule has 23 heavy (non-hydrogen) atoms. The van der Waals surface area contributed by atoms with E-state index < -0.39 is 0 Å². The first-order valence-electron chi connectivity index (χ1n) is 9.28. The maximum Gasteiger partial charge on any atom is 0.220 e. The zero-order chi connectivity index (χ0) is 17.9. The van der Waals surface area contributed by atoms with Crippen molar-refractivity contribution in [1.29, 1.82) is 0 Å². The third-order valence-corrected chi connectivity index (χ3v) is 3.96. The molecule has 0 radical (unpaired) electrons. The fourth-order valence-electron chi connectivity index (χ4n) is 2.37. The number of hydrogen-bond donors (Lipinski definition) is 1. The van der Waals surface area contributed by atoms with Crippen molar-refractivity contribution < 1.29 is 9.59 Å². The molecule has 0 aliphatic heterocycles. The normalized spacial score (nSPS) is 12.3. The van der Waals surface area contributed by atoms with Gasteiger partial charge in [-0.25, -0.2) is 0 Å². The number of carbonyl (C=O) groups excluding carboxylic acids is 2. The van der Waals surface area contributed by atoms with E-state index >= 15 is 0 Å². The van der Waals surface area contributed by atoms with Gasteiger partial charge in [0.1, 0.15) is 5.78 Å². The number of rotatable bonds is 11. The number of unbranched alkanes of at least 4 members (excludes halogenated alkanes) is 3. The second-order valence-corrected chi connectivity index (χ2v) is 9.17. The van der Waals surface area contributed by atoms with Crippen LogP contribution in [-0.2, 0) is 9.59 Å². The largest absolute Gasteiger partial charge is 0.356 e. The summed E-state index contributed by atoms with van der Waals surface area (Å²) in [7, 11) is 0. The molecule has 0 aromatic heterocycles. The van der Waals surface area contributed by atoms with Crippen molar-refractivity contribution in [3.05, 3.63) is 0 Å². The van der Waals surface area contributed by atoms with Crippen LogP contribution in [0.2, 0.25) is 0 Å². The summed E-state index contributed by atoms with van der Waals surface area (Å²) < 4.78 is 0. The Bertz CT molecular complexity index is 348. The smallest absolute Gasteiger partial charge is 0.220 e. The van der Waals surface area contributed by atoms with Gasteiger partial charge in [-0.15, -0.1) is 0 Å². The molecule has 0 spiro atoms. The zero-order valence-corrected chi connectivity index (χ0v) is 16.4. The standard InChI is InChI=1S/C20H39NO2/c1-19(2,3)14-10-8-7-9-11-17(22)12-13-18(23)21-16-15-20(4,5)6/h7-16H2,1-6H3,(H,21,23). The summed E-state index contributed by atoms with van der Waals surface area (Å²) in [5.41, 5.74) is 0.645. The minimum Gasteiger partial charge on any atom is -0.356 e. The molecule has 0 saturated heterocycles. The molecule has 3 nitrogen and oxygen atoms in total. The number of ketones is 1. The molecule has 0 fully saturated rings. The van der Waals surface area contributed by atoms with Gasteiger partial charge in [0.15, 0.2) is 0 Å². The molecular formula is C20H39NO2. The summed E-state index contributed by atoms with van der Waals surface area (Å²) >= 11 is 0. The van der Waals surface area contributed by atoms with Crippen LogP contribution in [0.5, 0.6) is 0 Å². The molecule has 0 heterocycles. The molecule has 0 aromatic rings. The summed E-state index contributed by atoms with van der Waals surface area (Å²) in [4.78, 5) is 23.5. The summed E-state index contributed by atoms with van der Waals surface area (Å²) in [5, 5.41) is 2.90.